The number of halogens is 2. The zero-order chi connectivity index (χ0) is 11.4. The van der Waals surface area contributed by atoms with E-state index in [1.54, 1.807) is 0 Å². The minimum Gasteiger partial charge on any atom is -0.503 e. The summed E-state index contributed by atoms with van der Waals surface area (Å²) in [5, 5.41) is 8.89. The van der Waals surface area contributed by atoms with Crippen molar-refractivity contribution in [1.29, 1.82) is 0 Å². The molecule has 0 aliphatic heterocycles. The van der Waals surface area contributed by atoms with Crippen LogP contribution in [-0.4, -0.2) is 30.6 Å². The standard InChI is InChI=1S/C11H15F2NO/c1-14(2)5-3-4-8-6-9(12)11(15)10(13)7-8/h6-7,15H,3-5H2,1-2H3. The van der Waals surface area contributed by atoms with Crippen LogP contribution in [0.25, 0.3) is 0 Å². The number of aryl methyl sites for hydroxylation is 1. The summed E-state index contributed by atoms with van der Waals surface area (Å²) in [5.74, 6) is -2.68. The number of nitrogens with zero attached hydrogens (tertiary/aromatic N) is 1. The van der Waals surface area contributed by atoms with Crippen LogP contribution in [0.5, 0.6) is 5.75 Å². The quantitative estimate of drug-likeness (QED) is 0.832. The van der Waals surface area contributed by atoms with Crippen molar-refractivity contribution >= 4 is 0 Å². The molecule has 0 aliphatic rings. The summed E-state index contributed by atoms with van der Waals surface area (Å²) in [6, 6.07) is 2.35. The van der Waals surface area contributed by atoms with E-state index < -0.39 is 17.4 Å². The molecule has 0 saturated carbocycles. The summed E-state index contributed by atoms with van der Waals surface area (Å²) in [5.41, 5.74) is 0.574. The minimum atomic E-state index is -0.897. The Morgan fingerprint density at radius 2 is 1.73 bits per heavy atom. The van der Waals surface area contributed by atoms with Gasteiger partial charge in [-0.25, -0.2) is 8.78 Å². The van der Waals surface area contributed by atoms with Crippen molar-refractivity contribution in [2.24, 2.45) is 0 Å². The Balaban J connectivity index is 2.63. The van der Waals surface area contributed by atoms with E-state index >= 15 is 0 Å². The molecule has 0 saturated heterocycles. The number of rotatable bonds is 4. The molecule has 1 rings (SSSR count). The van der Waals surface area contributed by atoms with E-state index in [1.807, 2.05) is 19.0 Å². The molecule has 1 N–H and O–H groups in total. The van der Waals surface area contributed by atoms with Gasteiger partial charge >= 0.3 is 0 Å². The fraction of sp³-hybridized carbons (Fsp3) is 0.455. The molecule has 0 amide bonds. The highest BCUT2D eigenvalue weighted by atomic mass is 19.1. The first-order valence-electron chi connectivity index (χ1n) is 4.82. The monoisotopic (exact) mass is 215 g/mol. The second-order valence-corrected chi connectivity index (χ2v) is 3.81. The summed E-state index contributed by atoms with van der Waals surface area (Å²) >= 11 is 0. The molecule has 0 radical (unpaired) electrons. The summed E-state index contributed by atoms with van der Waals surface area (Å²) in [6.45, 7) is 0.865. The van der Waals surface area contributed by atoms with E-state index in [2.05, 4.69) is 0 Å². The number of phenols is 1. The summed E-state index contributed by atoms with van der Waals surface area (Å²) in [4.78, 5) is 2.01. The topological polar surface area (TPSA) is 23.5 Å². The molecule has 1 aromatic rings. The van der Waals surface area contributed by atoms with Gasteiger partial charge in [0.1, 0.15) is 0 Å². The molecular weight excluding hydrogens is 200 g/mol. The van der Waals surface area contributed by atoms with Crippen LogP contribution in [0.2, 0.25) is 0 Å². The van der Waals surface area contributed by atoms with Crippen molar-refractivity contribution in [1.82, 2.24) is 4.90 Å². The molecule has 0 aliphatic carbocycles. The molecule has 0 fully saturated rings. The highest BCUT2D eigenvalue weighted by Gasteiger charge is 2.09. The highest BCUT2D eigenvalue weighted by molar-refractivity contribution is 5.30. The van der Waals surface area contributed by atoms with Gasteiger partial charge in [-0.15, -0.1) is 0 Å². The van der Waals surface area contributed by atoms with Crippen LogP contribution in [0, 0.1) is 11.6 Å². The highest BCUT2D eigenvalue weighted by Crippen LogP contribution is 2.21. The number of phenolic OH excluding ortho intramolecular Hbond substituents is 1. The molecule has 1 aromatic carbocycles. The molecule has 0 aromatic heterocycles. The SMILES string of the molecule is CN(C)CCCc1cc(F)c(O)c(F)c1. The van der Waals surface area contributed by atoms with Crippen molar-refractivity contribution in [3.8, 4) is 5.75 Å². The van der Waals surface area contributed by atoms with Gasteiger partial charge in [-0.3, -0.25) is 0 Å². The predicted octanol–water partition coefficient (Wildman–Crippen LogP) is 2.16. The smallest absolute Gasteiger partial charge is 0.187 e. The molecular formula is C11H15F2NO. The lowest BCUT2D eigenvalue weighted by molar-refractivity contribution is 0.391. The van der Waals surface area contributed by atoms with Crippen molar-refractivity contribution in [2.45, 2.75) is 12.8 Å². The number of hydrogen-bond donors (Lipinski definition) is 1. The third-order valence-electron chi connectivity index (χ3n) is 2.15. The molecule has 15 heavy (non-hydrogen) atoms. The van der Waals surface area contributed by atoms with Gasteiger partial charge in [0.05, 0.1) is 0 Å². The predicted molar refractivity (Wildman–Crippen MR) is 54.9 cm³/mol. The van der Waals surface area contributed by atoms with Gasteiger partial charge in [0.25, 0.3) is 0 Å². The van der Waals surface area contributed by atoms with Crippen molar-refractivity contribution in [3.63, 3.8) is 0 Å². The van der Waals surface area contributed by atoms with E-state index in [0.29, 0.717) is 12.0 Å². The van der Waals surface area contributed by atoms with Crippen LogP contribution in [0.4, 0.5) is 8.78 Å². The van der Waals surface area contributed by atoms with Gasteiger partial charge in [0.2, 0.25) is 0 Å². The molecule has 0 bridgehead atoms. The van der Waals surface area contributed by atoms with Gasteiger partial charge < -0.3 is 10.0 Å². The molecule has 0 atom stereocenters. The lowest BCUT2D eigenvalue weighted by Gasteiger charge is -2.09. The second kappa shape index (κ2) is 5.07. The first-order valence-corrected chi connectivity index (χ1v) is 4.82. The Bertz CT molecular complexity index is 316. The van der Waals surface area contributed by atoms with E-state index in [1.165, 1.54) is 12.1 Å². The first-order chi connectivity index (χ1) is 7.00. The van der Waals surface area contributed by atoms with Gasteiger partial charge in [0.15, 0.2) is 17.4 Å². The van der Waals surface area contributed by atoms with E-state index in [-0.39, 0.29) is 0 Å². The van der Waals surface area contributed by atoms with Crippen molar-refractivity contribution in [2.75, 3.05) is 20.6 Å². The Morgan fingerprint density at radius 3 is 2.20 bits per heavy atom. The normalized spacial score (nSPS) is 11.0. The van der Waals surface area contributed by atoms with Crippen LogP contribution in [0.3, 0.4) is 0 Å². The van der Waals surface area contributed by atoms with Crippen LogP contribution < -0.4 is 0 Å². The Morgan fingerprint density at radius 1 is 1.20 bits per heavy atom. The van der Waals surface area contributed by atoms with E-state index in [9.17, 15) is 8.78 Å². The van der Waals surface area contributed by atoms with Crippen molar-refractivity contribution in [3.05, 3.63) is 29.3 Å². The Hall–Kier alpha value is -1.16. The van der Waals surface area contributed by atoms with Gasteiger partial charge in [-0.2, -0.15) is 0 Å². The van der Waals surface area contributed by atoms with Crippen LogP contribution in [0.1, 0.15) is 12.0 Å². The van der Waals surface area contributed by atoms with Crippen LogP contribution in [0.15, 0.2) is 12.1 Å². The maximum Gasteiger partial charge on any atom is 0.187 e. The number of hydrogen-bond acceptors (Lipinski definition) is 2. The van der Waals surface area contributed by atoms with Crippen LogP contribution in [-0.2, 0) is 6.42 Å². The maximum absolute atomic E-state index is 12.9. The van der Waals surface area contributed by atoms with Gasteiger partial charge in [-0.05, 0) is 51.2 Å². The molecule has 2 nitrogen and oxygen atoms in total. The summed E-state index contributed by atoms with van der Waals surface area (Å²) in [6.07, 6.45) is 1.43. The molecule has 0 spiro atoms. The lowest BCUT2D eigenvalue weighted by atomic mass is 10.1. The summed E-state index contributed by atoms with van der Waals surface area (Å²) in [7, 11) is 3.88. The minimum absolute atomic E-state index is 0.574. The molecule has 0 heterocycles. The maximum atomic E-state index is 12.9. The first kappa shape index (κ1) is 11.9. The molecule has 0 unspecified atom stereocenters. The summed E-state index contributed by atoms with van der Waals surface area (Å²) < 4.78 is 25.9. The fourth-order valence-corrected chi connectivity index (χ4v) is 1.36. The van der Waals surface area contributed by atoms with Crippen LogP contribution >= 0.6 is 0 Å². The second-order valence-electron chi connectivity index (χ2n) is 3.81. The third-order valence-corrected chi connectivity index (χ3v) is 2.15. The Kier molecular flexibility index (Phi) is 4.03. The fourth-order valence-electron chi connectivity index (χ4n) is 1.36. The average Bonchev–Trinajstić information content (AvgIpc) is 2.13. The molecule has 4 heteroatoms. The van der Waals surface area contributed by atoms with Gasteiger partial charge in [-0.1, -0.05) is 0 Å². The van der Waals surface area contributed by atoms with E-state index in [4.69, 9.17) is 5.11 Å². The average molecular weight is 215 g/mol. The number of aromatic hydroxyl groups is 1. The zero-order valence-corrected chi connectivity index (χ0v) is 8.93. The molecule has 84 valence electrons. The van der Waals surface area contributed by atoms with Crippen molar-refractivity contribution < 1.29 is 13.9 Å². The zero-order valence-electron chi connectivity index (χ0n) is 8.93. The largest absolute Gasteiger partial charge is 0.503 e. The van der Waals surface area contributed by atoms with E-state index in [0.717, 1.165) is 13.0 Å². The third kappa shape index (κ3) is 3.47. The lowest BCUT2D eigenvalue weighted by Crippen LogP contribution is -2.13. The number of benzene rings is 1. The Labute approximate surface area is 88.1 Å². The van der Waals surface area contributed by atoms with Gasteiger partial charge in [0, 0.05) is 0 Å².